The molecule has 27 heavy (non-hydrogen) atoms. The van der Waals surface area contributed by atoms with Crippen molar-refractivity contribution in [1.29, 1.82) is 0 Å². The van der Waals surface area contributed by atoms with Crippen molar-refractivity contribution in [2.75, 3.05) is 39.8 Å². The van der Waals surface area contributed by atoms with Gasteiger partial charge in [0.25, 0.3) is 11.8 Å². The van der Waals surface area contributed by atoms with Crippen LogP contribution in [0.5, 0.6) is 0 Å². The van der Waals surface area contributed by atoms with Gasteiger partial charge in [-0.2, -0.15) is 0 Å². The highest BCUT2D eigenvalue weighted by atomic mass is 16.2. The Morgan fingerprint density at radius 3 is 2.67 bits per heavy atom. The number of hydrogen-bond donors (Lipinski definition) is 1. The molecule has 0 radical (unpaired) electrons. The number of likely N-dealkylation sites (tertiary alicyclic amines) is 2. The summed E-state index contributed by atoms with van der Waals surface area (Å²) >= 11 is 0. The zero-order valence-electron chi connectivity index (χ0n) is 15.3. The number of nitrogens with one attached hydrogen (secondary N) is 1. The fourth-order valence-electron chi connectivity index (χ4n) is 4.28. The number of hydrogen-bond acceptors (Lipinski definition) is 5. The SMILES string of the molecule is CN1CC(CNC(=O)c2ccccc2)C2(C1)CN(C(=O)c1ccncn1)C2. The van der Waals surface area contributed by atoms with Crippen molar-refractivity contribution < 1.29 is 9.59 Å². The maximum Gasteiger partial charge on any atom is 0.272 e. The molecular weight excluding hydrogens is 342 g/mol. The van der Waals surface area contributed by atoms with Gasteiger partial charge in [-0.1, -0.05) is 18.2 Å². The fraction of sp³-hybridized carbons (Fsp3) is 0.400. The first-order valence-electron chi connectivity index (χ1n) is 9.14. The molecule has 1 aromatic carbocycles. The average molecular weight is 365 g/mol. The molecule has 1 spiro atoms. The number of carbonyl (C=O) groups excluding carboxylic acids is 2. The Labute approximate surface area is 158 Å². The maximum atomic E-state index is 12.6. The lowest BCUT2D eigenvalue weighted by Crippen LogP contribution is -2.63. The van der Waals surface area contributed by atoms with Gasteiger partial charge < -0.3 is 15.1 Å². The van der Waals surface area contributed by atoms with Gasteiger partial charge in [0.1, 0.15) is 12.0 Å². The highest BCUT2D eigenvalue weighted by Gasteiger charge is 2.54. The summed E-state index contributed by atoms with van der Waals surface area (Å²) in [6, 6.07) is 10.9. The van der Waals surface area contributed by atoms with Gasteiger partial charge in [-0.25, -0.2) is 9.97 Å². The maximum absolute atomic E-state index is 12.6. The zero-order chi connectivity index (χ0) is 18.9. The van der Waals surface area contributed by atoms with Crippen molar-refractivity contribution in [1.82, 2.24) is 25.1 Å². The van der Waals surface area contributed by atoms with Crippen LogP contribution in [0.3, 0.4) is 0 Å². The van der Waals surface area contributed by atoms with E-state index in [2.05, 4.69) is 27.2 Å². The molecule has 140 valence electrons. The molecule has 2 aliphatic heterocycles. The third kappa shape index (κ3) is 3.42. The fourth-order valence-corrected chi connectivity index (χ4v) is 4.28. The second-order valence-corrected chi connectivity index (χ2v) is 7.59. The Balaban J connectivity index is 1.38. The Morgan fingerprint density at radius 1 is 1.19 bits per heavy atom. The van der Waals surface area contributed by atoms with E-state index in [1.54, 1.807) is 12.3 Å². The smallest absolute Gasteiger partial charge is 0.272 e. The molecule has 0 aliphatic carbocycles. The van der Waals surface area contributed by atoms with Crippen LogP contribution in [0.15, 0.2) is 48.9 Å². The van der Waals surface area contributed by atoms with Gasteiger partial charge in [0.2, 0.25) is 0 Å². The summed E-state index contributed by atoms with van der Waals surface area (Å²) < 4.78 is 0. The standard InChI is InChI=1S/C20H23N5O2/c1-24-10-16(9-22-18(26)15-5-3-2-4-6-15)20(11-24)12-25(13-20)19(27)17-7-8-21-14-23-17/h2-8,14,16H,9-13H2,1H3,(H,22,26). The first-order valence-corrected chi connectivity index (χ1v) is 9.14. The molecular formula is C20H23N5O2. The van der Waals surface area contributed by atoms with Crippen LogP contribution in [0.2, 0.25) is 0 Å². The van der Waals surface area contributed by atoms with E-state index in [-0.39, 0.29) is 17.2 Å². The summed E-state index contributed by atoms with van der Waals surface area (Å²) in [4.78, 5) is 37.0. The number of aromatic nitrogens is 2. The van der Waals surface area contributed by atoms with E-state index in [9.17, 15) is 9.59 Å². The zero-order valence-corrected chi connectivity index (χ0v) is 15.3. The second-order valence-electron chi connectivity index (χ2n) is 7.59. The lowest BCUT2D eigenvalue weighted by atomic mass is 9.71. The number of carbonyl (C=O) groups is 2. The van der Waals surface area contributed by atoms with Crippen molar-refractivity contribution in [3.63, 3.8) is 0 Å². The summed E-state index contributed by atoms with van der Waals surface area (Å²) in [6.07, 6.45) is 2.98. The van der Waals surface area contributed by atoms with E-state index < -0.39 is 0 Å². The van der Waals surface area contributed by atoms with Crippen molar-refractivity contribution in [3.05, 3.63) is 60.2 Å². The lowest BCUT2D eigenvalue weighted by Gasteiger charge is -2.51. The largest absolute Gasteiger partial charge is 0.352 e. The van der Waals surface area contributed by atoms with Gasteiger partial charge in [0.05, 0.1) is 0 Å². The quantitative estimate of drug-likeness (QED) is 0.871. The summed E-state index contributed by atoms with van der Waals surface area (Å²) in [5.74, 6) is 0.225. The molecule has 4 rings (SSSR count). The molecule has 1 aromatic heterocycles. The average Bonchev–Trinajstić information content (AvgIpc) is 3.02. The minimum Gasteiger partial charge on any atom is -0.352 e. The summed E-state index contributed by atoms with van der Waals surface area (Å²) in [5.41, 5.74) is 1.15. The minimum absolute atomic E-state index is 0.0431. The molecule has 2 saturated heterocycles. The summed E-state index contributed by atoms with van der Waals surface area (Å²) in [5, 5.41) is 3.07. The van der Waals surface area contributed by atoms with Crippen LogP contribution >= 0.6 is 0 Å². The van der Waals surface area contributed by atoms with Crippen LogP contribution in [0.1, 0.15) is 20.8 Å². The normalized spacial score (nSPS) is 21.1. The van der Waals surface area contributed by atoms with E-state index in [1.165, 1.54) is 6.33 Å². The Bertz CT molecular complexity index is 821. The molecule has 2 aliphatic rings. The molecule has 2 fully saturated rings. The number of benzene rings is 1. The van der Waals surface area contributed by atoms with E-state index in [0.29, 0.717) is 36.8 Å². The number of rotatable bonds is 4. The van der Waals surface area contributed by atoms with Crippen molar-refractivity contribution in [2.45, 2.75) is 0 Å². The molecule has 2 aromatic rings. The molecule has 2 amide bonds. The van der Waals surface area contributed by atoms with Crippen LogP contribution in [0.25, 0.3) is 0 Å². The number of amides is 2. The summed E-state index contributed by atoms with van der Waals surface area (Å²) in [6.45, 7) is 3.88. The minimum atomic E-state index is -0.0513. The van der Waals surface area contributed by atoms with Gasteiger partial charge in [-0.15, -0.1) is 0 Å². The topological polar surface area (TPSA) is 78.4 Å². The molecule has 1 atom stereocenters. The predicted molar refractivity (Wildman–Crippen MR) is 100 cm³/mol. The Kier molecular flexibility index (Phi) is 4.61. The molecule has 7 nitrogen and oxygen atoms in total. The van der Waals surface area contributed by atoms with E-state index in [0.717, 1.165) is 13.1 Å². The first-order chi connectivity index (χ1) is 13.1. The van der Waals surface area contributed by atoms with Gasteiger partial charge >= 0.3 is 0 Å². The Morgan fingerprint density at radius 2 is 1.96 bits per heavy atom. The number of nitrogens with zero attached hydrogens (tertiary/aromatic N) is 4. The van der Waals surface area contributed by atoms with Crippen molar-refractivity contribution in [2.24, 2.45) is 11.3 Å². The Hall–Kier alpha value is -2.80. The lowest BCUT2D eigenvalue weighted by molar-refractivity contribution is -0.00996. The van der Waals surface area contributed by atoms with Crippen LogP contribution < -0.4 is 5.32 Å². The van der Waals surface area contributed by atoms with Gasteiger partial charge in [0.15, 0.2) is 0 Å². The third-order valence-corrected chi connectivity index (χ3v) is 5.63. The van der Waals surface area contributed by atoms with E-state index in [4.69, 9.17) is 0 Å². The molecule has 1 N–H and O–H groups in total. The second kappa shape index (κ2) is 7.08. The first kappa shape index (κ1) is 17.6. The molecule has 7 heteroatoms. The molecule has 0 bridgehead atoms. The van der Waals surface area contributed by atoms with Crippen LogP contribution in [0.4, 0.5) is 0 Å². The van der Waals surface area contributed by atoms with Crippen LogP contribution in [0, 0.1) is 11.3 Å². The molecule has 0 saturated carbocycles. The van der Waals surface area contributed by atoms with Crippen LogP contribution in [-0.4, -0.2) is 71.4 Å². The van der Waals surface area contributed by atoms with Crippen molar-refractivity contribution in [3.8, 4) is 0 Å². The van der Waals surface area contributed by atoms with Gasteiger partial charge in [-0.05, 0) is 31.2 Å². The molecule has 3 heterocycles. The van der Waals surface area contributed by atoms with E-state index >= 15 is 0 Å². The monoisotopic (exact) mass is 365 g/mol. The van der Waals surface area contributed by atoms with Gasteiger partial charge in [-0.3, -0.25) is 9.59 Å². The van der Waals surface area contributed by atoms with Crippen LogP contribution in [-0.2, 0) is 0 Å². The third-order valence-electron chi connectivity index (χ3n) is 5.63. The van der Waals surface area contributed by atoms with E-state index in [1.807, 2.05) is 35.2 Å². The highest BCUT2D eigenvalue weighted by molar-refractivity contribution is 5.94. The predicted octanol–water partition coefficient (Wildman–Crippen LogP) is 0.910. The molecule has 1 unspecified atom stereocenters. The van der Waals surface area contributed by atoms with Crippen molar-refractivity contribution >= 4 is 11.8 Å². The summed E-state index contributed by atoms with van der Waals surface area (Å²) in [7, 11) is 2.09. The van der Waals surface area contributed by atoms with Gasteiger partial charge in [0, 0.05) is 49.9 Å². The highest BCUT2D eigenvalue weighted by Crippen LogP contribution is 2.43.